The average Bonchev–Trinajstić information content (AvgIpc) is 2.79. The van der Waals surface area contributed by atoms with Crippen LogP contribution in [0.3, 0.4) is 0 Å². The van der Waals surface area contributed by atoms with Crippen LogP contribution in [0, 0.1) is 0 Å². The van der Waals surface area contributed by atoms with Crippen LogP contribution in [0.25, 0.3) is 10.8 Å². The quantitative estimate of drug-likeness (QED) is 0.570. The van der Waals surface area contributed by atoms with Crippen molar-refractivity contribution < 1.29 is 23.7 Å². The first-order valence-corrected chi connectivity index (χ1v) is 9.82. The van der Waals surface area contributed by atoms with E-state index in [1.54, 1.807) is 27.4 Å². The Morgan fingerprint density at radius 2 is 1.63 bits per heavy atom. The molecule has 3 rings (SSSR count). The van der Waals surface area contributed by atoms with Crippen LogP contribution >= 0.6 is 0 Å². The maximum absolute atomic E-state index is 12.8. The molecule has 0 saturated carbocycles. The van der Waals surface area contributed by atoms with E-state index in [-0.39, 0.29) is 12.5 Å². The lowest BCUT2D eigenvalue weighted by Gasteiger charge is -2.19. The second kappa shape index (κ2) is 9.87. The summed E-state index contributed by atoms with van der Waals surface area (Å²) >= 11 is 0. The normalized spacial score (nSPS) is 11.6. The summed E-state index contributed by atoms with van der Waals surface area (Å²) in [6.45, 7) is 2.20. The Labute approximate surface area is 176 Å². The Hall–Kier alpha value is -3.41. The largest absolute Gasteiger partial charge is 0.493 e. The fourth-order valence-corrected chi connectivity index (χ4v) is 3.33. The van der Waals surface area contributed by atoms with Crippen LogP contribution in [0.2, 0.25) is 0 Å². The molecular formula is C24H27NO5. The van der Waals surface area contributed by atoms with Gasteiger partial charge in [0.05, 0.1) is 21.3 Å². The highest BCUT2D eigenvalue weighted by Gasteiger charge is 2.20. The zero-order chi connectivity index (χ0) is 21.5. The van der Waals surface area contributed by atoms with Gasteiger partial charge in [0.25, 0.3) is 5.91 Å². The summed E-state index contributed by atoms with van der Waals surface area (Å²) in [7, 11) is 4.67. The van der Waals surface area contributed by atoms with Crippen molar-refractivity contribution in [2.75, 3.05) is 21.3 Å². The molecule has 30 heavy (non-hydrogen) atoms. The number of amides is 1. The Bertz CT molecular complexity index is 1020. The highest BCUT2D eigenvalue weighted by atomic mass is 16.5. The molecule has 0 aromatic heterocycles. The lowest BCUT2D eigenvalue weighted by molar-refractivity contribution is -0.128. The van der Waals surface area contributed by atoms with Crippen molar-refractivity contribution in [3.8, 4) is 23.0 Å². The van der Waals surface area contributed by atoms with E-state index in [0.717, 1.165) is 16.3 Å². The topological polar surface area (TPSA) is 66.0 Å². The minimum absolute atomic E-state index is 0.192. The molecule has 6 nitrogen and oxygen atoms in total. The first kappa shape index (κ1) is 21.3. The molecule has 0 aliphatic carbocycles. The smallest absolute Gasteiger partial charge is 0.261 e. The third-order valence-corrected chi connectivity index (χ3v) is 4.90. The number of fused-ring (bicyclic) bond motifs is 1. The molecule has 0 radical (unpaired) electrons. The molecule has 0 spiro atoms. The fourth-order valence-electron chi connectivity index (χ4n) is 3.33. The van der Waals surface area contributed by atoms with Crippen molar-refractivity contribution in [3.05, 3.63) is 60.2 Å². The standard InChI is InChI=1S/C24H27NO5/c1-5-20(30-19-12-10-16-8-6-7-9-17(16)14-19)24(26)25-15-18-11-13-21(27-2)23(29-4)22(18)28-3/h6-14,20H,5,15H2,1-4H3,(H,25,26)/t20-/m1/s1. The van der Waals surface area contributed by atoms with E-state index in [4.69, 9.17) is 18.9 Å². The van der Waals surface area contributed by atoms with Gasteiger partial charge in [-0.1, -0.05) is 37.3 Å². The number of methoxy groups -OCH3 is 3. The molecule has 1 N–H and O–H groups in total. The molecule has 3 aromatic rings. The number of rotatable bonds is 9. The minimum atomic E-state index is -0.600. The third kappa shape index (κ3) is 4.59. The van der Waals surface area contributed by atoms with E-state index in [0.29, 0.717) is 29.4 Å². The molecule has 0 unspecified atom stereocenters. The van der Waals surface area contributed by atoms with Crippen LogP contribution in [0.4, 0.5) is 0 Å². The van der Waals surface area contributed by atoms with Gasteiger partial charge in [0.1, 0.15) is 5.75 Å². The van der Waals surface area contributed by atoms with E-state index in [1.807, 2.05) is 55.5 Å². The SMILES string of the molecule is CC[C@@H](Oc1ccc2ccccc2c1)C(=O)NCc1ccc(OC)c(OC)c1OC. The number of hydrogen-bond donors (Lipinski definition) is 1. The van der Waals surface area contributed by atoms with Gasteiger partial charge in [0.15, 0.2) is 17.6 Å². The Morgan fingerprint density at radius 1 is 0.900 bits per heavy atom. The summed E-state index contributed by atoms with van der Waals surface area (Å²) in [5.74, 6) is 2.06. The summed E-state index contributed by atoms with van der Waals surface area (Å²) in [5.41, 5.74) is 0.782. The summed E-state index contributed by atoms with van der Waals surface area (Å²) in [4.78, 5) is 12.8. The first-order chi connectivity index (χ1) is 14.6. The van der Waals surface area contributed by atoms with Crippen LogP contribution in [-0.4, -0.2) is 33.3 Å². The van der Waals surface area contributed by atoms with Crippen LogP contribution in [0.15, 0.2) is 54.6 Å². The molecule has 0 fully saturated rings. The van der Waals surface area contributed by atoms with Crippen molar-refractivity contribution in [1.29, 1.82) is 0 Å². The van der Waals surface area contributed by atoms with Crippen molar-refractivity contribution in [1.82, 2.24) is 5.32 Å². The number of carbonyl (C=O) groups excluding carboxylic acids is 1. The van der Waals surface area contributed by atoms with Gasteiger partial charge in [-0.05, 0) is 41.5 Å². The van der Waals surface area contributed by atoms with E-state index in [1.165, 1.54) is 0 Å². The summed E-state index contributed by atoms with van der Waals surface area (Å²) in [6.07, 6.45) is -0.0563. The van der Waals surface area contributed by atoms with Crippen molar-refractivity contribution in [2.45, 2.75) is 26.0 Å². The number of hydrogen-bond acceptors (Lipinski definition) is 5. The Balaban J connectivity index is 1.71. The van der Waals surface area contributed by atoms with Gasteiger partial charge >= 0.3 is 0 Å². The molecule has 6 heteroatoms. The van der Waals surface area contributed by atoms with Crippen LogP contribution in [0.1, 0.15) is 18.9 Å². The van der Waals surface area contributed by atoms with Gasteiger partial charge in [-0.15, -0.1) is 0 Å². The van der Waals surface area contributed by atoms with Crippen LogP contribution in [-0.2, 0) is 11.3 Å². The predicted molar refractivity (Wildman–Crippen MR) is 117 cm³/mol. The fraction of sp³-hybridized carbons (Fsp3) is 0.292. The van der Waals surface area contributed by atoms with Crippen LogP contribution < -0.4 is 24.3 Å². The molecule has 1 amide bonds. The van der Waals surface area contributed by atoms with Crippen molar-refractivity contribution >= 4 is 16.7 Å². The number of ether oxygens (including phenoxy) is 4. The molecule has 0 aliphatic heterocycles. The van der Waals surface area contributed by atoms with E-state index < -0.39 is 6.10 Å². The molecule has 0 bridgehead atoms. The predicted octanol–water partition coefficient (Wildman–Crippen LogP) is 4.34. The van der Waals surface area contributed by atoms with E-state index in [2.05, 4.69) is 5.32 Å². The molecule has 158 valence electrons. The summed E-state index contributed by atoms with van der Waals surface area (Å²) < 4.78 is 22.2. The molecule has 0 saturated heterocycles. The van der Waals surface area contributed by atoms with Gasteiger partial charge < -0.3 is 24.3 Å². The van der Waals surface area contributed by atoms with Gasteiger partial charge in [-0.3, -0.25) is 4.79 Å². The minimum Gasteiger partial charge on any atom is -0.493 e. The average molecular weight is 409 g/mol. The zero-order valence-electron chi connectivity index (χ0n) is 17.7. The van der Waals surface area contributed by atoms with Gasteiger partial charge in [0.2, 0.25) is 5.75 Å². The first-order valence-electron chi connectivity index (χ1n) is 9.82. The summed E-state index contributed by atoms with van der Waals surface area (Å²) in [6, 6.07) is 17.5. The highest BCUT2D eigenvalue weighted by Crippen LogP contribution is 2.39. The van der Waals surface area contributed by atoms with Crippen LogP contribution in [0.5, 0.6) is 23.0 Å². The molecule has 0 aliphatic rings. The number of carbonyl (C=O) groups is 1. The van der Waals surface area contributed by atoms with E-state index >= 15 is 0 Å². The summed E-state index contributed by atoms with van der Waals surface area (Å²) in [5, 5.41) is 5.13. The lowest BCUT2D eigenvalue weighted by atomic mass is 10.1. The Kier molecular flexibility index (Phi) is 7.01. The van der Waals surface area contributed by atoms with Gasteiger partial charge in [0, 0.05) is 12.1 Å². The zero-order valence-corrected chi connectivity index (χ0v) is 17.7. The second-order valence-corrected chi connectivity index (χ2v) is 6.73. The number of nitrogens with one attached hydrogen (secondary N) is 1. The molecule has 3 aromatic carbocycles. The molecule has 1 atom stereocenters. The molecule has 0 heterocycles. The monoisotopic (exact) mass is 409 g/mol. The third-order valence-electron chi connectivity index (χ3n) is 4.90. The maximum Gasteiger partial charge on any atom is 0.261 e. The van der Waals surface area contributed by atoms with Crippen molar-refractivity contribution in [2.24, 2.45) is 0 Å². The Morgan fingerprint density at radius 3 is 2.30 bits per heavy atom. The lowest BCUT2D eigenvalue weighted by Crippen LogP contribution is -2.37. The maximum atomic E-state index is 12.8. The van der Waals surface area contributed by atoms with Gasteiger partial charge in [-0.25, -0.2) is 0 Å². The number of benzene rings is 3. The van der Waals surface area contributed by atoms with Crippen molar-refractivity contribution in [3.63, 3.8) is 0 Å². The second-order valence-electron chi connectivity index (χ2n) is 6.73. The van der Waals surface area contributed by atoms with Gasteiger partial charge in [-0.2, -0.15) is 0 Å². The highest BCUT2D eigenvalue weighted by molar-refractivity contribution is 5.84. The van der Waals surface area contributed by atoms with E-state index in [9.17, 15) is 4.79 Å². The molecular weight excluding hydrogens is 382 g/mol.